The third kappa shape index (κ3) is 3.62. The predicted molar refractivity (Wildman–Crippen MR) is 83.9 cm³/mol. The Bertz CT molecular complexity index is 626. The van der Waals surface area contributed by atoms with E-state index in [-0.39, 0.29) is 11.0 Å². The molecule has 1 aromatic carbocycles. The van der Waals surface area contributed by atoms with Gasteiger partial charge in [0.05, 0.1) is 9.72 Å². The summed E-state index contributed by atoms with van der Waals surface area (Å²) in [5.74, 6) is -0.0980. The summed E-state index contributed by atoms with van der Waals surface area (Å²) >= 11 is 12.5. The van der Waals surface area contributed by atoms with Crippen LogP contribution in [-0.4, -0.2) is 16.0 Å². The topological polar surface area (TPSA) is 54.0 Å². The van der Waals surface area contributed by atoms with Crippen molar-refractivity contribution in [2.24, 2.45) is 0 Å². The molecule has 2 aromatic rings. The monoisotopic (exact) mass is 313 g/mol. The molecule has 0 aliphatic heterocycles. The van der Waals surface area contributed by atoms with Gasteiger partial charge in [0.1, 0.15) is 5.52 Å². The molecule has 0 aliphatic carbocycles. The molecule has 2 rings (SSSR count). The molecular weight excluding hydrogens is 302 g/mol. The molecule has 0 radical (unpaired) electrons. The zero-order chi connectivity index (χ0) is 13.8. The predicted octanol–water partition coefficient (Wildman–Crippen LogP) is 3.56. The Kier molecular flexibility index (Phi) is 4.68. The van der Waals surface area contributed by atoms with Crippen LogP contribution in [-0.2, 0) is 4.79 Å². The van der Waals surface area contributed by atoms with E-state index in [1.165, 1.54) is 11.3 Å². The second-order valence-corrected chi connectivity index (χ2v) is 5.70. The largest absolute Gasteiger partial charge is 0.308 e. The fourth-order valence-electron chi connectivity index (χ4n) is 1.51. The maximum atomic E-state index is 11.4. The molecule has 0 bridgehead atoms. The van der Waals surface area contributed by atoms with E-state index in [0.717, 1.165) is 16.6 Å². The van der Waals surface area contributed by atoms with Gasteiger partial charge in [-0.15, -0.1) is 0 Å². The fraction of sp³-hybridized carbons (Fsp3) is 0.250. The summed E-state index contributed by atoms with van der Waals surface area (Å²) in [5.41, 5.74) is 0.736. The number of thiocarbonyl (C=S) groups is 1. The number of amides is 1. The molecule has 100 valence electrons. The van der Waals surface area contributed by atoms with Crippen LogP contribution < -0.4 is 10.6 Å². The first-order chi connectivity index (χ1) is 9.10. The molecule has 0 atom stereocenters. The Morgan fingerprint density at radius 1 is 1.53 bits per heavy atom. The number of hydrogen-bond acceptors (Lipinski definition) is 4. The van der Waals surface area contributed by atoms with E-state index in [4.69, 9.17) is 23.8 Å². The first-order valence-corrected chi connectivity index (χ1v) is 7.36. The number of aromatic nitrogens is 1. The van der Waals surface area contributed by atoms with Crippen molar-refractivity contribution < 1.29 is 4.79 Å². The van der Waals surface area contributed by atoms with Gasteiger partial charge >= 0.3 is 0 Å². The van der Waals surface area contributed by atoms with Crippen molar-refractivity contribution in [3.63, 3.8) is 0 Å². The van der Waals surface area contributed by atoms with Crippen molar-refractivity contribution in [3.05, 3.63) is 23.2 Å². The number of para-hydroxylation sites is 1. The van der Waals surface area contributed by atoms with Crippen LogP contribution in [0.5, 0.6) is 0 Å². The number of rotatable bonds is 3. The van der Waals surface area contributed by atoms with Crippen molar-refractivity contribution in [2.45, 2.75) is 19.8 Å². The highest BCUT2D eigenvalue weighted by molar-refractivity contribution is 7.80. The number of nitrogens with zero attached hydrogens (tertiary/aromatic N) is 1. The Hall–Kier alpha value is -1.24. The van der Waals surface area contributed by atoms with E-state index in [2.05, 4.69) is 15.6 Å². The van der Waals surface area contributed by atoms with Crippen LogP contribution >= 0.6 is 35.2 Å². The van der Waals surface area contributed by atoms with Gasteiger partial charge in [0.15, 0.2) is 10.2 Å². The molecule has 0 saturated heterocycles. The van der Waals surface area contributed by atoms with Gasteiger partial charge in [-0.25, -0.2) is 4.98 Å². The number of benzene rings is 1. The van der Waals surface area contributed by atoms with E-state index < -0.39 is 0 Å². The number of hydrogen-bond donors (Lipinski definition) is 2. The minimum atomic E-state index is -0.0980. The van der Waals surface area contributed by atoms with E-state index in [9.17, 15) is 4.79 Å². The van der Waals surface area contributed by atoms with Crippen LogP contribution in [0.4, 0.5) is 5.13 Å². The molecule has 1 amide bonds. The number of thiazole rings is 1. The summed E-state index contributed by atoms with van der Waals surface area (Å²) in [5, 5.41) is 6.97. The molecule has 1 aromatic heterocycles. The first kappa shape index (κ1) is 14.2. The van der Waals surface area contributed by atoms with E-state index >= 15 is 0 Å². The smallest absolute Gasteiger partial charge is 0.226 e. The third-order valence-corrected chi connectivity index (χ3v) is 3.77. The second kappa shape index (κ2) is 6.27. The number of halogens is 1. The van der Waals surface area contributed by atoms with Gasteiger partial charge in [-0.2, -0.15) is 0 Å². The van der Waals surface area contributed by atoms with Crippen LogP contribution in [0.25, 0.3) is 10.2 Å². The highest BCUT2D eigenvalue weighted by Gasteiger charge is 2.09. The summed E-state index contributed by atoms with van der Waals surface area (Å²) in [6, 6.07) is 5.59. The summed E-state index contributed by atoms with van der Waals surface area (Å²) in [7, 11) is 0. The van der Waals surface area contributed by atoms with Crippen LogP contribution in [0, 0.1) is 0 Å². The van der Waals surface area contributed by atoms with Crippen molar-refractivity contribution in [1.82, 2.24) is 10.3 Å². The highest BCUT2D eigenvalue weighted by atomic mass is 35.5. The lowest BCUT2D eigenvalue weighted by Gasteiger charge is -2.05. The van der Waals surface area contributed by atoms with Crippen molar-refractivity contribution in [1.29, 1.82) is 0 Å². The van der Waals surface area contributed by atoms with Gasteiger partial charge < -0.3 is 10.6 Å². The molecule has 4 nitrogen and oxygen atoms in total. The standard InChI is InChI=1S/C12H12ClN3OS2/c1-2-4-9(17)14-11(18)16-12-15-10-7(13)5-3-6-8(10)19-12/h3,5-6H,2,4H2,1H3,(H2,14,15,16,17,18). The molecule has 0 aliphatic rings. The van der Waals surface area contributed by atoms with Gasteiger partial charge in [-0.3, -0.25) is 4.79 Å². The van der Waals surface area contributed by atoms with Crippen LogP contribution in [0.2, 0.25) is 5.02 Å². The minimum absolute atomic E-state index is 0.0980. The molecule has 1 heterocycles. The normalized spacial score (nSPS) is 10.4. The lowest BCUT2D eigenvalue weighted by molar-refractivity contribution is -0.119. The molecule has 0 unspecified atom stereocenters. The number of fused-ring (bicyclic) bond motifs is 1. The maximum Gasteiger partial charge on any atom is 0.226 e. The number of carbonyl (C=O) groups excluding carboxylic acids is 1. The Morgan fingerprint density at radius 3 is 3.00 bits per heavy atom. The van der Waals surface area contributed by atoms with Gasteiger partial charge in [-0.05, 0) is 30.8 Å². The van der Waals surface area contributed by atoms with E-state index in [1.54, 1.807) is 6.07 Å². The average Bonchev–Trinajstić information content (AvgIpc) is 2.72. The fourth-order valence-corrected chi connectivity index (χ4v) is 2.96. The molecular formula is C12H12ClN3OS2. The van der Waals surface area contributed by atoms with Crippen LogP contribution in [0.1, 0.15) is 19.8 Å². The van der Waals surface area contributed by atoms with Crippen molar-refractivity contribution in [3.8, 4) is 0 Å². The number of carbonyl (C=O) groups is 1. The number of nitrogens with one attached hydrogen (secondary N) is 2. The zero-order valence-corrected chi connectivity index (χ0v) is 12.6. The quantitative estimate of drug-likeness (QED) is 0.851. The summed E-state index contributed by atoms with van der Waals surface area (Å²) in [6.07, 6.45) is 1.23. The molecule has 19 heavy (non-hydrogen) atoms. The molecule has 0 saturated carbocycles. The van der Waals surface area contributed by atoms with Crippen molar-refractivity contribution in [2.75, 3.05) is 5.32 Å². The summed E-state index contributed by atoms with van der Waals surface area (Å²) < 4.78 is 0.970. The minimum Gasteiger partial charge on any atom is -0.308 e. The lowest BCUT2D eigenvalue weighted by Crippen LogP contribution is -2.33. The molecule has 0 spiro atoms. The Morgan fingerprint density at radius 2 is 2.32 bits per heavy atom. The lowest BCUT2D eigenvalue weighted by atomic mass is 10.3. The molecule has 7 heteroatoms. The SMILES string of the molecule is CCCC(=O)NC(=S)Nc1nc2c(Cl)cccc2s1. The molecule has 2 N–H and O–H groups in total. The van der Waals surface area contributed by atoms with Gasteiger partial charge in [0, 0.05) is 6.42 Å². The number of anilines is 1. The third-order valence-electron chi connectivity index (χ3n) is 2.32. The average molecular weight is 314 g/mol. The highest BCUT2D eigenvalue weighted by Crippen LogP contribution is 2.30. The van der Waals surface area contributed by atoms with Crippen LogP contribution in [0.15, 0.2) is 18.2 Å². The first-order valence-electron chi connectivity index (χ1n) is 5.76. The van der Waals surface area contributed by atoms with Gasteiger partial charge in [0.2, 0.25) is 5.91 Å². The summed E-state index contributed by atoms with van der Waals surface area (Å²) in [6.45, 7) is 1.94. The molecule has 0 fully saturated rings. The Labute approximate surface area is 125 Å². The Balaban J connectivity index is 2.07. The van der Waals surface area contributed by atoms with Gasteiger partial charge in [-0.1, -0.05) is 35.9 Å². The summed E-state index contributed by atoms with van der Waals surface area (Å²) in [4.78, 5) is 15.7. The van der Waals surface area contributed by atoms with Gasteiger partial charge in [0.25, 0.3) is 0 Å². The maximum absolute atomic E-state index is 11.4. The van der Waals surface area contributed by atoms with Crippen LogP contribution in [0.3, 0.4) is 0 Å². The zero-order valence-electron chi connectivity index (χ0n) is 10.2. The van der Waals surface area contributed by atoms with E-state index in [1.807, 2.05) is 19.1 Å². The second-order valence-electron chi connectivity index (χ2n) is 3.86. The van der Waals surface area contributed by atoms with Crippen molar-refractivity contribution >= 4 is 61.5 Å². The van der Waals surface area contributed by atoms with E-state index in [0.29, 0.717) is 16.6 Å².